The molecule has 0 radical (unpaired) electrons. The normalized spacial score (nSPS) is 17.7. The first kappa shape index (κ1) is 32.6. The minimum atomic E-state index is -0.652. The van der Waals surface area contributed by atoms with Gasteiger partial charge in [-0.15, -0.1) is 0 Å². The summed E-state index contributed by atoms with van der Waals surface area (Å²) < 4.78 is 0. The highest BCUT2D eigenvalue weighted by Crippen LogP contribution is 2.48. The van der Waals surface area contributed by atoms with Crippen molar-refractivity contribution in [2.24, 2.45) is 29.4 Å². The monoisotopic (exact) mass is 525 g/mol. The van der Waals surface area contributed by atoms with E-state index in [9.17, 15) is 9.90 Å². The van der Waals surface area contributed by atoms with E-state index >= 15 is 0 Å². The second-order valence-corrected chi connectivity index (χ2v) is 12.7. The Hall–Kier alpha value is -1.61. The maximum absolute atomic E-state index is 12.1. The van der Waals surface area contributed by atoms with Crippen LogP contribution in [0.1, 0.15) is 135 Å². The van der Waals surface area contributed by atoms with Crippen LogP contribution >= 0.6 is 0 Å². The van der Waals surface area contributed by atoms with Crippen LogP contribution in [0.25, 0.3) is 0 Å². The predicted molar refractivity (Wildman–Crippen MR) is 163 cm³/mol. The lowest BCUT2D eigenvalue weighted by atomic mass is 9.67. The lowest BCUT2D eigenvalue weighted by Crippen LogP contribution is -2.31. The van der Waals surface area contributed by atoms with Gasteiger partial charge in [-0.1, -0.05) is 102 Å². The van der Waals surface area contributed by atoms with Gasteiger partial charge in [0.1, 0.15) is 0 Å². The molecular formula is C35H59NO2. The van der Waals surface area contributed by atoms with E-state index in [1.54, 1.807) is 0 Å². The number of unbranched alkanes of at least 4 members (excludes halogenated alkanes) is 4. The third-order valence-electron chi connectivity index (χ3n) is 9.20. The number of benzene rings is 1. The summed E-state index contributed by atoms with van der Waals surface area (Å²) in [4.78, 5) is 12.1. The van der Waals surface area contributed by atoms with E-state index in [0.29, 0.717) is 18.4 Å². The molecule has 3 N–H and O–H groups in total. The number of carbonyl (C=O) groups is 1. The van der Waals surface area contributed by atoms with Crippen LogP contribution in [-0.2, 0) is 10.2 Å². The Bertz CT molecular complexity index is 765. The van der Waals surface area contributed by atoms with Gasteiger partial charge >= 0.3 is 5.97 Å². The topological polar surface area (TPSA) is 63.3 Å². The fourth-order valence-corrected chi connectivity index (χ4v) is 6.91. The Morgan fingerprint density at radius 2 is 1.66 bits per heavy atom. The lowest BCUT2D eigenvalue weighted by Gasteiger charge is -2.37. The Morgan fingerprint density at radius 1 is 0.947 bits per heavy atom. The molecule has 3 atom stereocenters. The molecule has 1 saturated carbocycles. The van der Waals surface area contributed by atoms with E-state index < -0.39 is 5.97 Å². The van der Waals surface area contributed by atoms with Crippen molar-refractivity contribution >= 4 is 5.97 Å². The molecule has 0 heterocycles. The molecule has 0 saturated heterocycles. The molecule has 0 aliphatic heterocycles. The van der Waals surface area contributed by atoms with Crippen LogP contribution in [0.2, 0.25) is 0 Å². The molecule has 1 aliphatic carbocycles. The summed E-state index contributed by atoms with van der Waals surface area (Å²) in [6, 6.07) is 10.9. The van der Waals surface area contributed by atoms with Gasteiger partial charge in [0.2, 0.25) is 0 Å². The Balaban J connectivity index is 2.10. The first-order valence-corrected chi connectivity index (χ1v) is 16.0. The Kier molecular flexibility index (Phi) is 16.0. The van der Waals surface area contributed by atoms with Crippen molar-refractivity contribution in [2.75, 3.05) is 6.54 Å². The molecule has 0 aromatic heterocycles. The molecule has 0 amide bonds. The molecule has 0 bridgehead atoms. The van der Waals surface area contributed by atoms with Crippen molar-refractivity contribution in [3.8, 4) is 0 Å². The predicted octanol–water partition coefficient (Wildman–Crippen LogP) is 9.69. The summed E-state index contributed by atoms with van der Waals surface area (Å²) in [5, 5.41) is 9.93. The zero-order chi connectivity index (χ0) is 27.6. The third-order valence-corrected chi connectivity index (χ3v) is 9.20. The fraction of sp³-hybridized carbons (Fsp3) is 0.743. The molecule has 1 aliphatic rings. The van der Waals surface area contributed by atoms with Crippen molar-refractivity contribution in [1.82, 2.24) is 0 Å². The molecular weight excluding hydrogens is 466 g/mol. The van der Waals surface area contributed by atoms with Crippen LogP contribution in [0.4, 0.5) is 0 Å². The average Bonchev–Trinajstić information content (AvgIpc) is 3.38. The standard InChI is InChI=1S/C35H59NO2/c1-4-5-6-7-8-9-11-16-30(20-19-29(2)3)21-22-31(23-26-36)32(27-34(37)38)28-35(24-14-15-25-35)33-17-12-10-13-18-33/h9-13,17-18,29-32H,4-8,14-16,19-28,36H2,1-3H3,(H,37,38)/b11-9-/t30-,31-,32-/m1/s1. The summed E-state index contributed by atoms with van der Waals surface area (Å²) in [6.45, 7) is 7.56. The SMILES string of the molecule is CCCCCC/C=C\C[C@H](CCC(C)C)CC[C@H](CCN)[C@H](CC(=O)O)CC1(c2ccccc2)CCCC1. The lowest BCUT2D eigenvalue weighted by molar-refractivity contribution is -0.138. The van der Waals surface area contributed by atoms with Gasteiger partial charge < -0.3 is 10.8 Å². The summed E-state index contributed by atoms with van der Waals surface area (Å²) in [5.41, 5.74) is 7.69. The number of rotatable bonds is 21. The molecule has 2 rings (SSSR count). The van der Waals surface area contributed by atoms with E-state index in [2.05, 4.69) is 63.3 Å². The second kappa shape index (κ2) is 18.6. The highest BCUT2D eigenvalue weighted by Gasteiger charge is 2.40. The van der Waals surface area contributed by atoms with Gasteiger partial charge in [0.05, 0.1) is 0 Å². The molecule has 1 fully saturated rings. The molecule has 3 heteroatoms. The van der Waals surface area contributed by atoms with Crippen molar-refractivity contribution < 1.29 is 9.90 Å². The van der Waals surface area contributed by atoms with Crippen molar-refractivity contribution in [1.29, 1.82) is 0 Å². The Morgan fingerprint density at radius 3 is 2.29 bits per heavy atom. The van der Waals surface area contributed by atoms with Gasteiger partial charge in [-0.2, -0.15) is 0 Å². The van der Waals surface area contributed by atoms with Gasteiger partial charge in [0.15, 0.2) is 0 Å². The number of aliphatic carboxylic acids is 1. The molecule has 216 valence electrons. The minimum absolute atomic E-state index is 0.131. The van der Waals surface area contributed by atoms with Crippen LogP contribution in [-0.4, -0.2) is 17.6 Å². The van der Waals surface area contributed by atoms with Gasteiger partial charge in [0, 0.05) is 6.42 Å². The minimum Gasteiger partial charge on any atom is -0.481 e. The summed E-state index contributed by atoms with van der Waals surface area (Å²) in [7, 11) is 0. The average molecular weight is 526 g/mol. The van der Waals surface area contributed by atoms with E-state index in [4.69, 9.17) is 5.73 Å². The van der Waals surface area contributed by atoms with Crippen LogP contribution in [0.15, 0.2) is 42.5 Å². The summed E-state index contributed by atoms with van der Waals surface area (Å²) >= 11 is 0. The van der Waals surface area contributed by atoms with Crippen molar-refractivity contribution in [3.05, 3.63) is 48.0 Å². The number of allylic oxidation sites excluding steroid dienone is 2. The molecule has 38 heavy (non-hydrogen) atoms. The van der Waals surface area contributed by atoms with Gasteiger partial charge in [-0.25, -0.2) is 0 Å². The third kappa shape index (κ3) is 12.1. The second-order valence-electron chi connectivity index (χ2n) is 12.7. The quantitative estimate of drug-likeness (QED) is 0.124. The van der Waals surface area contributed by atoms with Crippen molar-refractivity contribution in [2.45, 2.75) is 135 Å². The highest BCUT2D eigenvalue weighted by atomic mass is 16.4. The molecule has 3 nitrogen and oxygen atoms in total. The van der Waals surface area contributed by atoms with E-state index in [1.807, 2.05) is 0 Å². The maximum Gasteiger partial charge on any atom is 0.303 e. The Labute approximate surface area is 235 Å². The zero-order valence-corrected chi connectivity index (χ0v) is 25.0. The fourth-order valence-electron chi connectivity index (χ4n) is 6.91. The van der Waals surface area contributed by atoms with E-state index in [-0.39, 0.29) is 17.8 Å². The van der Waals surface area contributed by atoms with E-state index in [1.165, 1.54) is 82.6 Å². The molecule has 0 spiro atoms. The van der Waals surface area contributed by atoms with Crippen molar-refractivity contribution in [3.63, 3.8) is 0 Å². The number of nitrogens with two attached hydrogens (primary N) is 1. The molecule has 0 unspecified atom stereocenters. The van der Waals surface area contributed by atoms with Crippen LogP contribution in [0.3, 0.4) is 0 Å². The van der Waals surface area contributed by atoms with Crippen LogP contribution < -0.4 is 5.73 Å². The number of carboxylic acid groups (broad SMARTS) is 1. The number of hydrogen-bond donors (Lipinski definition) is 2. The molecule has 1 aromatic carbocycles. The summed E-state index contributed by atoms with van der Waals surface area (Å²) in [5.74, 6) is 1.33. The first-order chi connectivity index (χ1) is 18.4. The zero-order valence-electron chi connectivity index (χ0n) is 25.0. The number of hydrogen-bond acceptors (Lipinski definition) is 2. The first-order valence-electron chi connectivity index (χ1n) is 16.0. The maximum atomic E-state index is 12.1. The van der Waals surface area contributed by atoms with Gasteiger partial charge in [-0.3, -0.25) is 4.79 Å². The van der Waals surface area contributed by atoms with Gasteiger partial charge in [0.25, 0.3) is 0 Å². The van der Waals surface area contributed by atoms with Crippen LogP contribution in [0.5, 0.6) is 0 Å². The van der Waals surface area contributed by atoms with Crippen LogP contribution in [0, 0.1) is 23.7 Å². The number of carboxylic acids is 1. The summed E-state index contributed by atoms with van der Waals surface area (Å²) in [6.07, 6.45) is 24.4. The smallest absolute Gasteiger partial charge is 0.303 e. The molecule has 1 aromatic rings. The largest absolute Gasteiger partial charge is 0.481 e. The van der Waals surface area contributed by atoms with Gasteiger partial charge in [-0.05, 0) is 105 Å². The highest BCUT2D eigenvalue weighted by molar-refractivity contribution is 5.67. The van der Waals surface area contributed by atoms with E-state index in [0.717, 1.165) is 31.6 Å².